The van der Waals surface area contributed by atoms with Crippen molar-refractivity contribution in [2.24, 2.45) is 11.7 Å². The highest BCUT2D eigenvalue weighted by molar-refractivity contribution is 6.36. The number of aromatic nitrogens is 1. The Morgan fingerprint density at radius 1 is 1.08 bits per heavy atom. The summed E-state index contributed by atoms with van der Waals surface area (Å²) in [6.07, 6.45) is 6.02. The van der Waals surface area contributed by atoms with Crippen LogP contribution in [0.4, 0.5) is 5.69 Å². The molecule has 2 heterocycles. The largest absolute Gasteiger partial charge is 0.359 e. The Hall–Kier alpha value is -3.64. The maximum atomic E-state index is 13.7. The fourth-order valence-corrected chi connectivity index (χ4v) is 5.37. The maximum absolute atomic E-state index is 13.7. The molecule has 6 nitrogen and oxygen atoms in total. The molecule has 1 aliphatic carbocycles. The third-order valence-electron chi connectivity index (χ3n) is 7.42. The molecule has 5 rings (SSSR count). The van der Waals surface area contributed by atoms with Crippen LogP contribution in [0.2, 0.25) is 0 Å². The number of aromatic amines is 1. The number of H-pyrrole nitrogens is 1. The average molecular weight is 483 g/mol. The number of carbonyl (C=O) groups excluding carboxylic acids is 2. The van der Waals surface area contributed by atoms with Gasteiger partial charge in [-0.05, 0) is 86.9 Å². The molecule has 2 aliphatic rings. The number of benzene rings is 2. The van der Waals surface area contributed by atoms with E-state index in [0.717, 1.165) is 59.4 Å². The Morgan fingerprint density at radius 3 is 2.53 bits per heavy atom. The standard InChI is InChI=1S/C30H34N4O2/c1-19-14-20(2)33-27(19)16-26-25-15-23(29(35)32-17-21-6-4-3-5-7-21)10-13-28(25)34(30(26)36)18-22-8-11-24(31)12-9-22/h3-7,10,13-16,22,24,33H,8-9,11-12,17-18,31H2,1-2H3,(H,32,35)/b26-16-. The molecule has 1 aliphatic heterocycles. The summed E-state index contributed by atoms with van der Waals surface area (Å²) in [7, 11) is 0. The zero-order valence-electron chi connectivity index (χ0n) is 21.0. The van der Waals surface area contributed by atoms with E-state index in [1.807, 2.05) is 73.4 Å². The van der Waals surface area contributed by atoms with E-state index in [1.165, 1.54) is 0 Å². The van der Waals surface area contributed by atoms with Gasteiger partial charge >= 0.3 is 0 Å². The van der Waals surface area contributed by atoms with Gasteiger partial charge in [0.2, 0.25) is 0 Å². The van der Waals surface area contributed by atoms with Gasteiger partial charge in [-0.3, -0.25) is 9.59 Å². The third-order valence-corrected chi connectivity index (χ3v) is 7.42. The molecule has 0 saturated heterocycles. The van der Waals surface area contributed by atoms with Crippen molar-refractivity contribution in [1.82, 2.24) is 10.3 Å². The van der Waals surface area contributed by atoms with Gasteiger partial charge in [0.05, 0.1) is 11.3 Å². The summed E-state index contributed by atoms with van der Waals surface area (Å²) in [5.74, 6) is 0.276. The Balaban J connectivity index is 1.45. The minimum Gasteiger partial charge on any atom is -0.359 e. The molecular weight excluding hydrogens is 448 g/mol. The average Bonchev–Trinajstić information content (AvgIpc) is 3.34. The van der Waals surface area contributed by atoms with Crippen molar-refractivity contribution in [2.45, 2.75) is 52.1 Å². The topological polar surface area (TPSA) is 91.2 Å². The first-order valence-electron chi connectivity index (χ1n) is 12.8. The minimum absolute atomic E-state index is 0.00614. The lowest BCUT2D eigenvalue weighted by molar-refractivity contribution is -0.113. The molecule has 36 heavy (non-hydrogen) atoms. The summed E-state index contributed by atoms with van der Waals surface area (Å²) in [6.45, 7) is 5.18. The van der Waals surface area contributed by atoms with E-state index < -0.39 is 0 Å². The highest BCUT2D eigenvalue weighted by Gasteiger charge is 2.35. The third kappa shape index (κ3) is 5.00. The molecular formula is C30H34N4O2. The van der Waals surface area contributed by atoms with Crippen LogP contribution in [0.3, 0.4) is 0 Å². The number of anilines is 1. The van der Waals surface area contributed by atoms with E-state index in [9.17, 15) is 9.59 Å². The number of nitrogens with zero attached hydrogens (tertiary/aromatic N) is 1. The molecule has 1 saturated carbocycles. The highest BCUT2D eigenvalue weighted by atomic mass is 16.2. The van der Waals surface area contributed by atoms with E-state index >= 15 is 0 Å². The number of hydrogen-bond donors (Lipinski definition) is 3. The van der Waals surface area contributed by atoms with E-state index in [2.05, 4.69) is 16.4 Å². The maximum Gasteiger partial charge on any atom is 0.259 e. The first-order chi connectivity index (χ1) is 17.4. The van der Waals surface area contributed by atoms with Crippen molar-refractivity contribution < 1.29 is 9.59 Å². The number of rotatable bonds is 6. The lowest BCUT2D eigenvalue weighted by atomic mass is 9.86. The molecule has 0 spiro atoms. The van der Waals surface area contributed by atoms with Gasteiger partial charge in [0.25, 0.3) is 11.8 Å². The van der Waals surface area contributed by atoms with Crippen LogP contribution < -0.4 is 16.0 Å². The normalized spacial score (nSPS) is 20.6. The summed E-state index contributed by atoms with van der Waals surface area (Å²) in [5, 5.41) is 3.00. The molecule has 1 aromatic heterocycles. The second-order valence-corrected chi connectivity index (χ2v) is 10.2. The van der Waals surface area contributed by atoms with Crippen molar-refractivity contribution in [3.8, 4) is 0 Å². The van der Waals surface area contributed by atoms with Gasteiger partial charge in [-0.1, -0.05) is 30.3 Å². The zero-order valence-corrected chi connectivity index (χ0v) is 21.0. The van der Waals surface area contributed by atoms with E-state index in [1.54, 1.807) is 0 Å². The van der Waals surface area contributed by atoms with Gasteiger partial charge in [-0.15, -0.1) is 0 Å². The number of amides is 2. The quantitative estimate of drug-likeness (QED) is 0.434. The van der Waals surface area contributed by atoms with E-state index in [0.29, 0.717) is 30.1 Å². The predicted octanol–water partition coefficient (Wildman–Crippen LogP) is 4.97. The molecule has 2 amide bonds. The molecule has 186 valence electrons. The number of aryl methyl sites for hydroxylation is 2. The molecule has 0 unspecified atom stereocenters. The van der Waals surface area contributed by atoms with Gasteiger partial charge in [0, 0.05) is 41.6 Å². The van der Waals surface area contributed by atoms with Gasteiger partial charge in [0.1, 0.15) is 0 Å². The lowest BCUT2D eigenvalue weighted by Gasteiger charge is -2.29. The Labute approximate surface area is 212 Å². The van der Waals surface area contributed by atoms with E-state index in [-0.39, 0.29) is 17.9 Å². The van der Waals surface area contributed by atoms with Crippen molar-refractivity contribution >= 4 is 29.2 Å². The number of nitrogens with one attached hydrogen (secondary N) is 2. The molecule has 0 radical (unpaired) electrons. The summed E-state index contributed by atoms with van der Waals surface area (Å²) >= 11 is 0. The first kappa shape index (κ1) is 24.1. The SMILES string of the molecule is Cc1cc(C)c(/C=C2\C(=O)N(CC3CCC(N)CC3)c3ccc(C(=O)NCc4ccccc4)cc32)[nH]1. The van der Waals surface area contributed by atoms with Crippen LogP contribution in [0.25, 0.3) is 11.6 Å². The molecule has 2 aromatic carbocycles. The minimum atomic E-state index is -0.153. The van der Waals surface area contributed by atoms with Crippen LogP contribution in [0.15, 0.2) is 54.6 Å². The smallest absolute Gasteiger partial charge is 0.259 e. The Morgan fingerprint density at radius 2 is 1.83 bits per heavy atom. The Bertz CT molecular complexity index is 1300. The second-order valence-electron chi connectivity index (χ2n) is 10.2. The summed E-state index contributed by atoms with van der Waals surface area (Å²) in [5.41, 5.74) is 13.1. The van der Waals surface area contributed by atoms with Crippen molar-refractivity contribution in [1.29, 1.82) is 0 Å². The number of fused-ring (bicyclic) bond motifs is 1. The van der Waals surface area contributed by atoms with Crippen LogP contribution in [0.1, 0.15) is 64.1 Å². The lowest BCUT2D eigenvalue weighted by Crippen LogP contribution is -2.36. The molecule has 0 bridgehead atoms. The first-order valence-corrected chi connectivity index (χ1v) is 12.8. The molecule has 3 aromatic rings. The van der Waals surface area contributed by atoms with Crippen molar-refractivity contribution in [3.63, 3.8) is 0 Å². The van der Waals surface area contributed by atoms with E-state index in [4.69, 9.17) is 5.73 Å². The van der Waals surface area contributed by atoms with Crippen LogP contribution in [-0.2, 0) is 11.3 Å². The number of nitrogens with two attached hydrogens (primary N) is 1. The predicted molar refractivity (Wildman–Crippen MR) is 144 cm³/mol. The fraction of sp³-hybridized carbons (Fsp3) is 0.333. The molecule has 0 atom stereocenters. The van der Waals surface area contributed by atoms with Crippen molar-refractivity contribution in [3.05, 3.63) is 88.2 Å². The number of hydrogen-bond acceptors (Lipinski definition) is 3. The summed E-state index contributed by atoms with van der Waals surface area (Å²) < 4.78 is 0. The number of carbonyl (C=O) groups is 2. The zero-order chi connectivity index (χ0) is 25.2. The highest BCUT2D eigenvalue weighted by Crippen LogP contribution is 2.40. The van der Waals surface area contributed by atoms with Crippen LogP contribution in [0.5, 0.6) is 0 Å². The molecule has 6 heteroatoms. The summed E-state index contributed by atoms with van der Waals surface area (Å²) in [6, 6.07) is 17.8. The van der Waals surface area contributed by atoms with Gasteiger partial charge in [-0.2, -0.15) is 0 Å². The fourth-order valence-electron chi connectivity index (χ4n) is 5.37. The van der Waals surface area contributed by atoms with Crippen LogP contribution >= 0.6 is 0 Å². The second kappa shape index (κ2) is 10.2. The van der Waals surface area contributed by atoms with Gasteiger partial charge in [-0.25, -0.2) is 0 Å². The molecule has 1 fully saturated rings. The van der Waals surface area contributed by atoms with Crippen molar-refractivity contribution in [2.75, 3.05) is 11.4 Å². The monoisotopic (exact) mass is 482 g/mol. The summed E-state index contributed by atoms with van der Waals surface area (Å²) in [4.78, 5) is 32.0. The molecule has 4 N–H and O–H groups in total. The van der Waals surface area contributed by atoms with Gasteiger partial charge < -0.3 is 20.9 Å². The Kier molecular flexibility index (Phi) is 6.79. The van der Waals surface area contributed by atoms with Crippen LogP contribution in [-0.4, -0.2) is 29.4 Å². The van der Waals surface area contributed by atoms with Gasteiger partial charge in [0.15, 0.2) is 0 Å². The van der Waals surface area contributed by atoms with Crippen LogP contribution in [0, 0.1) is 19.8 Å².